The quantitative estimate of drug-likeness (QED) is 0.752. The number of ketones is 1. The molecule has 16 heavy (non-hydrogen) atoms. The van der Waals surface area contributed by atoms with Gasteiger partial charge in [-0.25, -0.2) is 0 Å². The minimum Gasteiger partial charge on any atom is -0.297 e. The predicted octanol–water partition coefficient (Wildman–Crippen LogP) is 3.25. The fraction of sp³-hybridized carbons (Fsp3) is 0.462. The highest BCUT2D eigenvalue weighted by Gasteiger charge is 2.34. The number of hydrogen-bond donors (Lipinski definition) is 0. The number of carbonyl (C=O) groups is 1. The number of benzene rings is 1. The van der Waals surface area contributed by atoms with Crippen LogP contribution in [0.5, 0.6) is 0 Å². The minimum absolute atomic E-state index is 0.0746. The standard InChI is InChI=1S/C13H18ClNO/c1-5-13(2,15(3)4)12(16)10-8-6-7-9-11(10)14/h6-9H,5H2,1-4H3. The Morgan fingerprint density at radius 1 is 1.38 bits per heavy atom. The van der Waals surface area contributed by atoms with Crippen LogP contribution < -0.4 is 0 Å². The fourth-order valence-electron chi connectivity index (χ4n) is 1.62. The normalized spacial score (nSPS) is 14.9. The Labute approximate surface area is 102 Å². The summed E-state index contributed by atoms with van der Waals surface area (Å²) in [6.07, 6.45) is 0.754. The maximum Gasteiger partial charge on any atom is 0.184 e. The van der Waals surface area contributed by atoms with Crippen molar-refractivity contribution in [3.63, 3.8) is 0 Å². The van der Waals surface area contributed by atoms with E-state index in [2.05, 4.69) is 0 Å². The highest BCUT2D eigenvalue weighted by molar-refractivity contribution is 6.34. The fourth-order valence-corrected chi connectivity index (χ4v) is 1.84. The third kappa shape index (κ3) is 2.28. The second-order valence-electron chi connectivity index (χ2n) is 4.33. The lowest BCUT2D eigenvalue weighted by molar-refractivity contribution is 0.0711. The summed E-state index contributed by atoms with van der Waals surface area (Å²) >= 11 is 6.05. The zero-order valence-corrected chi connectivity index (χ0v) is 11.0. The summed E-state index contributed by atoms with van der Waals surface area (Å²) in [5.41, 5.74) is 0.104. The smallest absolute Gasteiger partial charge is 0.184 e. The molecule has 1 aromatic carbocycles. The largest absolute Gasteiger partial charge is 0.297 e. The molecule has 1 aromatic rings. The number of carbonyl (C=O) groups excluding carboxylic acids is 1. The summed E-state index contributed by atoms with van der Waals surface area (Å²) in [4.78, 5) is 14.4. The summed E-state index contributed by atoms with van der Waals surface area (Å²) in [5.74, 6) is 0.0746. The average molecular weight is 240 g/mol. The van der Waals surface area contributed by atoms with Crippen LogP contribution in [0.1, 0.15) is 30.6 Å². The van der Waals surface area contributed by atoms with Crippen molar-refractivity contribution in [1.29, 1.82) is 0 Å². The molecule has 0 saturated heterocycles. The molecule has 3 heteroatoms. The van der Waals surface area contributed by atoms with E-state index in [1.54, 1.807) is 12.1 Å². The summed E-state index contributed by atoms with van der Waals surface area (Å²) < 4.78 is 0. The highest BCUT2D eigenvalue weighted by atomic mass is 35.5. The van der Waals surface area contributed by atoms with Crippen molar-refractivity contribution in [2.24, 2.45) is 0 Å². The van der Waals surface area contributed by atoms with Crippen molar-refractivity contribution < 1.29 is 4.79 Å². The molecule has 0 heterocycles. The predicted molar refractivity (Wildman–Crippen MR) is 68.2 cm³/mol. The molecule has 88 valence electrons. The molecule has 0 N–H and O–H groups in total. The Hall–Kier alpha value is -0.860. The van der Waals surface area contributed by atoms with Crippen LogP contribution in [0, 0.1) is 0 Å². The molecular weight excluding hydrogens is 222 g/mol. The Kier molecular flexibility index (Phi) is 4.11. The number of halogens is 1. The third-order valence-electron chi connectivity index (χ3n) is 3.28. The number of Topliss-reactive ketones (excluding diaryl/α,β-unsaturated/α-hetero) is 1. The maximum absolute atomic E-state index is 12.4. The molecule has 0 saturated carbocycles. The molecule has 0 aliphatic heterocycles. The zero-order valence-electron chi connectivity index (χ0n) is 10.2. The van der Waals surface area contributed by atoms with Crippen LogP contribution >= 0.6 is 11.6 Å². The van der Waals surface area contributed by atoms with Crippen molar-refractivity contribution in [2.75, 3.05) is 14.1 Å². The average Bonchev–Trinajstić information content (AvgIpc) is 2.27. The van der Waals surface area contributed by atoms with Gasteiger partial charge in [-0.2, -0.15) is 0 Å². The van der Waals surface area contributed by atoms with Gasteiger partial charge in [-0.1, -0.05) is 30.7 Å². The molecule has 2 nitrogen and oxygen atoms in total. The maximum atomic E-state index is 12.4. The molecule has 0 aliphatic carbocycles. The topological polar surface area (TPSA) is 20.3 Å². The van der Waals surface area contributed by atoms with Gasteiger partial charge in [-0.15, -0.1) is 0 Å². The van der Waals surface area contributed by atoms with Crippen LogP contribution in [-0.4, -0.2) is 30.3 Å². The summed E-state index contributed by atoms with van der Waals surface area (Å²) in [5, 5.41) is 0.522. The van der Waals surface area contributed by atoms with E-state index in [-0.39, 0.29) is 5.78 Å². The lowest BCUT2D eigenvalue weighted by atomic mass is 9.87. The first-order chi connectivity index (χ1) is 7.43. The number of rotatable bonds is 4. The molecule has 0 amide bonds. The highest BCUT2D eigenvalue weighted by Crippen LogP contribution is 2.26. The molecule has 0 spiro atoms. The third-order valence-corrected chi connectivity index (χ3v) is 3.61. The summed E-state index contributed by atoms with van der Waals surface area (Å²) in [6, 6.07) is 7.20. The Bertz CT molecular complexity index is 389. The number of nitrogens with zero attached hydrogens (tertiary/aromatic N) is 1. The lowest BCUT2D eigenvalue weighted by Crippen LogP contribution is -2.48. The van der Waals surface area contributed by atoms with E-state index in [0.29, 0.717) is 10.6 Å². The molecule has 0 fully saturated rings. The van der Waals surface area contributed by atoms with Crippen molar-refractivity contribution in [2.45, 2.75) is 25.8 Å². The molecule has 0 aliphatic rings. The molecule has 1 unspecified atom stereocenters. The Morgan fingerprint density at radius 3 is 2.38 bits per heavy atom. The van der Waals surface area contributed by atoms with E-state index < -0.39 is 5.54 Å². The van der Waals surface area contributed by atoms with Gasteiger partial charge in [0.2, 0.25) is 0 Å². The van der Waals surface area contributed by atoms with Crippen molar-refractivity contribution in [1.82, 2.24) is 4.90 Å². The van der Waals surface area contributed by atoms with Gasteiger partial charge in [-0.3, -0.25) is 9.69 Å². The zero-order chi connectivity index (χ0) is 12.3. The van der Waals surface area contributed by atoms with Crippen molar-refractivity contribution in [3.8, 4) is 0 Å². The van der Waals surface area contributed by atoms with Gasteiger partial charge < -0.3 is 0 Å². The van der Waals surface area contributed by atoms with Crippen LogP contribution in [0.15, 0.2) is 24.3 Å². The van der Waals surface area contributed by atoms with Crippen LogP contribution in [0.3, 0.4) is 0 Å². The molecule has 1 atom stereocenters. The van der Waals surface area contributed by atoms with Gasteiger partial charge in [0.15, 0.2) is 5.78 Å². The summed E-state index contributed by atoms with van der Waals surface area (Å²) in [7, 11) is 3.83. The Morgan fingerprint density at radius 2 is 1.94 bits per heavy atom. The van der Waals surface area contributed by atoms with Crippen molar-refractivity contribution >= 4 is 17.4 Å². The monoisotopic (exact) mass is 239 g/mol. The van der Waals surface area contributed by atoms with E-state index in [0.717, 1.165) is 6.42 Å². The van der Waals surface area contributed by atoms with Gasteiger partial charge in [-0.05, 0) is 39.6 Å². The molecule has 1 rings (SSSR count). The van der Waals surface area contributed by atoms with Gasteiger partial charge >= 0.3 is 0 Å². The molecular formula is C13H18ClNO. The van der Waals surface area contributed by atoms with Gasteiger partial charge in [0.1, 0.15) is 0 Å². The van der Waals surface area contributed by atoms with Gasteiger partial charge in [0.25, 0.3) is 0 Å². The van der Waals surface area contributed by atoms with Crippen LogP contribution in [0.2, 0.25) is 5.02 Å². The summed E-state index contributed by atoms with van der Waals surface area (Å²) in [6.45, 7) is 3.95. The first-order valence-corrected chi connectivity index (χ1v) is 5.78. The van der Waals surface area contributed by atoms with E-state index >= 15 is 0 Å². The first kappa shape index (κ1) is 13.2. The molecule has 0 radical (unpaired) electrons. The Balaban J connectivity index is 3.15. The van der Waals surface area contributed by atoms with Gasteiger partial charge in [0, 0.05) is 5.56 Å². The van der Waals surface area contributed by atoms with E-state index in [1.165, 1.54) is 0 Å². The second-order valence-corrected chi connectivity index (χ2v) is 4.74. The van der Waals surface area contributed by atoms with Gasteiger partial charge in [0.05, 0.1) is 10.6 Å². The second kappa shape index (κ2) is 4.98. The SMILES string of the molecule is CCC(C)(C(=O)c1ccccc1Cl)N(C)C. The van der Waals surface area contributed by atoms with Crippen molar-refractivity contribution in [3.05, 3.63) is 34.9 Å². The number of hydrogen-bond acceptors (Lipinski definition) is 2. The minimum atomic E-state index is -0.495. The van der Waals surface area contributed by atoms with E-state index in [1.807, 2.05) is 45.0 Å². The van der Waals surface area contributed by atoms with Crippen LogP contribution in [-0.2, 0) is 0 Å². The van der Waals surface area contributed by atoms with E-state index in [9.17, 15) is 4.79 Å². The van der Waals surface area contributed by atoms with Crippen LogP contribution in [0.25, 0.3) is 0 Å². The van der Waals surface area contributed by atoms with Crippen LogP contribution in [0.4, 0.5) is 0 Å². The lowest BCUT2D eigenvalue weighted by Gasteiger charge is -2.34. The molecule has 0 bridgehead atoms. The van der Waals surface area contributed by atoms with E-state index in [4.69, 9.17) is 11.6 Å². The molecule has 0 aromatic heterocycles. The number of likely N-dealkylation sites (N-methyl/N-ethyl adjacent to an activating group) is 1. The first-order valence-electron chi connectivity index (χ1n) is 5.40.